The average molecular weight is 263 g/mol. The van der Waals surface area contributed by atoms with E-state index in [1.54, 1.807) is 18.2 Å². The number of nitrogens with two attached hydrogens (primary N) is 1. The Morgan fingerprint density at radius 2 is 2.26 bits per heavy atom. The molecule has 4 N–H and O–H groups in total. The molecule has 6 nitrogen and oxygen atoms in total. The van der Waals surface area contributed by atoms with Gasteiger partial charge in [-0.2, -0.15) is 0 Å². The Bertz CT molecular complexity index is 502. The maximum atomic E-state index is 11.6. The summed E-state index contributed by atoms with van der Waals surface area (Å²) in [6.45, 7) is 2.39. The molecule has 2 rings (SSSR count). The van der Waals surface area contributed by atoms with Crippen LogP contribution in [-0.2, 0) is 9.59 Å². The van der Waals surface area contributed by atoms with Crippen LogP contribution >= 0.6 is 0 Å². The second-order valence-electron chi connectivity index (χ2n) is 4.33. The number of carbonyl (C=O) groups is 2. The molecule has 1 atom stereocenters. The Balaban J connectivity index is 2.08. The van der Waals surface area contributed by atoms with Crippen molar-refractivity contribution >= 4 is 23.2 Å². The third-order valence-corrected chi connectivity index (χ3v) is 2.89. The van der Waals surface area contributed by atoms with Crippen molar-refractivity contribution in [2.75, 3.05) is 17.7 Å². The molecule has 19 heavy (non-hydrogen) atoms. The van der Waals surface area contributed by atoms with Gasteiger partial charge in [-0.3, -0.25) is 14.9 Å². The van der Waals surface area contributed by atoms with Crippen LogP contribution in [0.25, 0.3) is 0 Å². The number of anilines is 2. The minimum Gasteiger partial charge on any atom is -0.492 e. The molecule has 0 bridgehead atoms. The monoisotopic (exact) mass is 263 g/mol. The highest BCUT2D eigenvalue weighted by atomic mass is 16.5. The molecule has 2 amide bonds. The first kappa shape index (κ1) is 13.2. The number of nitrogen functional groups attached to an aromatic ring is 1. The molecule has 0 radical (unpaired) electrons. The molecule has 0 saturated carbocycles. The van der Waals surface area contributed by atoms with Crippen molar-refractivity contribution in [3.8, 4) is 5.75 Å². The van der Waals surface area contributed by atoms with Crippen molar-refractivity contribution < 1.29 is 14.3 Å². The van der Waals surface area contributed by atoms with E-state index in [1.807, 2.05) is 6.92 Å². The van der Waals surface area contributed by atoms with E-state index in [-0.39, 0.29) is 11.8 Å². The van der Waals surface area contributed by atoms with Crippen LogP contribution < -0.4 is 21.1 Å². The van der Waals surface area contributed by atoms with Crippen LogP contribution in [0.4, 0.5) is 11.4 Å². The lowest BCUT2D eigenvalue weighted by Crippen LogP contribution is -2.47. The van der Waals surface area contributed by atoms with Crippen molar-refractivity contribution in [1.29, 1.82) is 0 Å². The summed E-state index contributed by atoms with van der Waals surface area (Å²) in [5.74, 6) is 0.0567. The van der Waals surface area contributed by atoms with Crippen LogP contribution in [0.1, 0.15) is 19.8 Å². The molecule has 1 unspecified atom stereocenters. The highest BCUT2D eigenvalue weighted by Gasteiger charge is 2.26. The largest absolute Gasteiger partial charge is 0.492 e. The Hall–Kier alpha value is -2.24. The van der Waals surface area contributed by atoms with E-state index >= 15 is 0 Å². The predicted molar refractivity (Wildman–Crippen MR) is 71.8 cm³/mol. The van der Waals surface area contributed by atoms with Crippen molar-refractivity contribution in [3.05, 3.63) is 18.2 Å². The Kier molecular flexibility index (Phi) is 3.89. The second kappa shape index (κ2) is 5.60. The summed E-state index contributed by atoms with van der Waals surface area (Å²) in [4.78, 5) is 22.7. The molecular formula is C13H17N3O3. The number of carbonyl (C=O) groups excluding carboxylic acids is 2. The van der Waals surface area contributed by atoms with Crippen LogP contribution in [0, 0.1) is 0 Å². The van der Waals surface area contributed by atoms with Crippen molar-refractivity contribution in [3.63, 3.8) is 0 Å². The van der Waals surface area contributed by atoms with E-state index in [9.17, 15) is 9.59 Å². The van der Waals surface area contributed by atoms with E-state index in [4.69, 9.17) is 10.5 Å². The zero-order chi connectivity index (χ0) is 13.8. The van der Waals surface area contributed by atoms with Gasteiger partial charge < -0.3 is 15.8 Å². The van der Waals surface area contributed by atoms with Gasteiger partial charge in [0.25, 0.3) is 0 Å². The number of ether oxygens (including phenoxy) is 1. The van der Waals surface area contributed by atoms with Gasteiger partial charge in [-0.15, -0.1) is 0 Å². The lowest BCUT2D eigenvalue weighted by Gasteiger charge is -2.23. The second-order valence-corrected chi connectivity index (χ2v) is 4.33. The molecule has 1 aromatic rings. The molecule has 1 fully saturated rings. The van der Waals surface area contributed by atoms with Crippen molar-refractivity contribution in [1.82, 2.24) is 5.32 Å². The first-order valence-corrected chi connectivity index (χ1v) is 6.22. The lowest BCUT2D eigenvalue weighted by atomic mass is 10.1. The molecule has 0 spiro atoms. The van der Waals surface area contributed by atoms with Gasteiger partial charge in [0.05, 0.1) is 12.3 Å². The zero-order valence-electron chi connectivity index (χ0n) is 10.7. The van der Waals surface area contributed by atoms with Crippen LogP contribution in [0.15, 0.2) is 18.2 Å². The van der Waals surface area contributed by atoms with Gasteiger partial charge in [0.15, 0.2) is 0 Å². The zero-order valence-corrected chi connectivity index (χ0v) is 10.7. The van der Waals surface area contributed by atoms with Gasteiger partial charge in [0.1, 0.15) is 11.8 Å². The normalized spacial score (nSPS) is 18.9. The fourth-order valence-corrected chi connectivity index (χ4v) is 1.94. The highest BCUT2D eigenvalue weighted by molar-refractivity contribution is 6.01. The van der Waals surface area contributed by atoms with Gasteiger partial charge in [-0.25, -0.2) is 0 Å². The number of benzene rings is 1. The number of imide groups is 1. The van der Waals surface area contributed by atoms with E-state index < -0.39 is 6.04 Å². The summed E-state index contributed by atoms with van der Waals surface area (Å²) in [6.07, 6.45) is 0.829. The van der Waals surface area contributed by atoms with E-state index in [0.717, 1.165) is 5.69 Å². The summed E-state index contributed by atoms with van der Waals surface area (Å²) in [7, 11) is 0. The Labute approximate surface area is 111 Å². The molecule has 1 saturated heterocycles. The Morgan fingerprint density at radius 3 is 2.95 bits per heavy atom. The molecular weight excluding hydrogens is 246 g/mol. The smallest absolute Gasteiger partial charge is 0.249 e. The topological polar surface area (TPSA) is 93.5 Å². The quantitative estimate of drug-likeness (QED) is 0.554. The molecule has 0 aromatic heterocycles. The molecule has 1 aromatic carbocycles. The maximum absolute atomic E-state index is 11.6. The maximum Gasteiger partial charge on any atom is 0.249 e. The summed E-state index contributed by atoms with van der Waals surface area (Å²) in [6, 6.07) is 4.85. The molecule has 0 aliphatic carbocycles. The van der Waals surface area contributed by atoms with Crippen LogP contribution in [0.3, 0.4) is 0 Å². The fraction of sp³-hybridized carbons (Fsp3) is 0.385. The van der Waals surface area contributed by atoms with E-state index in [0.29, 0.717) is 30.9 Å². The van der Waals surface area contributed by atoms with Crippen LogP contribution in [0.2, 0.25) is 0 Å². The predicted octanol–water partition coefficient (Wildman–Crippen LogP) is 0.885. The molecule has 1 aliphatic heterocycles. The minimum absolute atomic E-state index is 0.227. The van der Waals surface area contributed by atoms with E-state index in [1.165, 1.54) is 0 Å². The standard InChI is InChI=1S/C13H17N3O3/c1-2-19-11-7-8(3-4-9(11)14)15-10-5-6-12(17)16-13(10)18/h3-4,7,10,15H,2,5-6,14H2,1H3,(H,16,17,18). The molecule has 6 heteroatoms. The summed E-state index contributed by atoms with van der Waals surface area (Å²) in [5.41, 5.74) is 7.07. The van der Waals surface area contributed by atoms with Crippen LogP contribution in [0.5, 0.6) is 5.75 Å². The molecule has 1 heterocycles. The number of nitrogens with one attached hydrogen (secondary N) is 2. The van der Waals surface area contributed by atoms with Crippen molar-refractivity contribution in [2.24, 2.45) is 0 Å². The average Bonchev–Trinajstić information content (AvgIpc) is 2.37. The van der Waals surface area contributed by atoms with Gasteiger partial charge in [-0.05, 0) is 25.5 Å². The van der Waals surface area contributed by atoms with Gasteiger partial charge >= 0.3 is 0 Å². The first-order valence-electron chi connectivity index (χ1n) is 6.22. The highest BCUT2D eigenvalue weighted by Crippen LogP contribution is 2.26. The molecule has 1 aliphatic rings. The number of amides is 2. The third-order valence-electron chi connectivity index (χ3n) is 2.89. The van der Waals surface area contributed by atoms with E-state index in [2.05, 4.69) is 10.6 Å². The van der Waals surface area contributed by atoms with Gasteiger partial charge in [-0.1, -0.05) is 0 Å². The first-order chi connectivity index (χ1) is 9.10. The molecule has 102 valence electrons. The number of piperidine rings is 1. The summed E-state index contributed by atoms with van der Waals surface area (Å²) < 4.78 is 5.39. The third kappa shape index (κ3) is 3.15. The van der Waals surface area contributed by atoms with Crippen molar-refractivity contribution in [2.45, 2.75) is 25.8 Å². The van der Waals surface area contributed by atoms with Gasteiger partial charge in [0, 0.05) is 18.2 Å². The summed E-state index contributed by atoms with van der Waals surface area (Å²) >= 11 is 0. The Morgan fingerprint density at radius 1 is 1.47 bits per heavy atom. The van der Waals surface area contributed by atoms with Crippen LogP contribution in [-0.4, -0.2) is 24.5 Å². The minimum atomic E-state index is -0.407. The number of rotatable bonds is 4. The fourth-order valence-electron chi connectivity index (χ4n) is 1.94. The van der Waals surface area contributed by atoms with Gasteiger partial charge in [0.2, 0.25) is 11.8 Å². The SMILES string of the molecule is CCOc1cc(NC2CCC(=O)NC2=O)ccc1N. The number of hydrogen-bond acceptors (Lipinski definition) is 5. The number of hydrogen-bond donors (Lipinski definition) is 3. The lowest BCUT2D eigenvalue weighted by molar-refractivity contribution is -0.133. The summed E-state index contributed by atoms with van der Waals surface area (Å²) in [5, 5.41) is 5.38.